The topological polar surface area (TPSA) is 77.2 Å². The summed E-state index contributed by atoms with van der Waals surface area (Å²) in [4.78, 5) is 16.7. The van der Waals surface area contributed by atoms with Gasteiger partial charge in [-0.2, -0.15) is 0 Å². The van der Waals surface area contributed by atoms with Crippen LogP contribution in [0.1, 0.15) is 11.8 Å². The molecular weight excluding hydrogens is 274 g/mol. The molecule has 0 bridgehead atoms. The van der Waals surface area contributed by atoms with E-state index in [1.54, 1.807) is 7.11 Å². The van der Waals surface area contributed by atoms with Crippen LogP contribution >= 0.6 is 11.3 Å². The number of nitrogens with two attached hydrogens (primary N) is 1. The van der Waals surface area contributed by atoms with Crippen LogP contribution in [0, 0.1) is 0 Å². The molecule has 0 radical (unpaired) electrons. The zero-order valence-electron chi connectivity index (χ0n) is 11.5. The maximum absolute atomic E-state index is 11.1. The predicted octanol–water partition coefficient (Wildman–Crippen LogP) is 2.28. The van der Waals surface area contributed by atoms with Gasteiger partial charge in [0.2, 0.25) is 5.91 Å². The summed E-state index contributed by atoms with van der Waals surface area (Å²) >= 11 is 1.46. The maximum Gasteiger partial charge on any atom is 0.223 e. The zero-order chi connectivity index (χ0) is 14.5. The lowest BCUT2D eigenvalue weighted by atomic mass is 10.1. The second-order valence-electron chi connectivity index (χ2n) is 4.24. The number of hydrogen-bond acceptors (Lipinski definition) is 5. The zero-order valence-corrected chi connectivity index (χ0v) is 12.3. The molecule has 1 heterocycles. The molecule has 0 spiro atoms. The molecule has 0 aliphatic carbocycles. The molecule has 0 aliphatic heterocycles. The van der Waals surface area contributed by atoms with Gasteiger partial charge < -0.3 is 15.8 Å². The number of thiazole rings is 1. The quantitative estimate of drug-likeness (QED) is 0.886. The number of nitrogens with one attached hydrogen (secondary N) is 1. The van der Waals surface area contributed by atoms with Crippen molar-refractivity contribution in [3.05, 3.63) is 29.1 Å². The second-order valence-corrected chi connectivity index (χ2v) is 5.32. The normalized spacial score (nSPS) is 10.3. The first-order valence-electron chi connectivity index (χ1n) is 6.26. The van der Waals surface area contributed by atoms with E-state index < -0.39 is 0 Å². The molecule has 0 fully saturated rings. The lowest BCUT2D eigenvalue weighted by molar-refractivity contribution is -0.114. The first kappa shape index (κ1) is 14.5. The van der Waals surface area contributed by atoms with Gasteiger partial charge in [-0.05, 0) is 37.2 Å². The number of rotatable bonds is 5. The number of carbonyl (C=O) groups is 1. The maximum atomic E-state index is 11.1. The lowest BCUT2D eigenvalue weighted by Gasteiger charge is -2.03. The third-order valence-corrected chi connectivity index (χ3v) is 3.75. The van der Waals surface area contributed by atoms with Gasteiger partial charge in [0.25, 0.3) is 0 Å². The molecule has 0 saturated carbocycles. The van der Waals surface area contributed by atoms with E-state index in [0.29, 0.717) is 11.7 Å². The van der Waals surface area contributed by atoms with Crippen molar-refractivity contribution in [2.45, 2.75) is 13.3 Å². The van der Waals surface area contributed by atoms with Crippen LogP contribution in [0.5, 0.6) is 5.75 Å². The first-order valence-corrected chi connectivity index (χ1v) is 7.07. The van der Waals surface area contributed by atoms with Crippen LogP contribution < -0.4 is 15.8 Å². The molecule has 2 rings (SSSR count). The summed E-state index contributed by atoms with van der Waals surface area (Å²) in [6, 6.07) is 7.68. The summed E-state index contributed by atoms with van der Waals surface area (Å²) in [7, 11) is 1.63. The Morgan fingerprint density at radius 2 is 2.10 bits per heavy atom. The molecule has 0 saturated heterocycles. The number of benzene rings is 1. The van der Waals surface area contributed by atoms with E-state index in [4.69, 9.17) is 10.5 Å². The first-order chi connectivity index (χ1) is 9.63. The van der Waals surface area contributed by atoms with Gasteiger partial charge in [0.1, 0.15) is 5.75 Å². The Morgan fingerprint density at radius 3 is 2.65 bits per heavy atom. The highest BCUT2D eigenvalue weighted by Gasteiger charge is 2.13. The third-order valence-electron chi connectivity index (χ3n) is 2.72. The predicted molar refractivity (Wildman–Crippen MR) is 81.2 cm³/mol. The van der Waals surface area contributed by atoms with Gasteiger partial charge in [-0.25, -0.2) is 4.98 Å². The Balaban J connectivity index is 2.36. The van der Waals surface area contributed by atoms with Crippen molar-refractivity contribution in [1.82, 2.24) is 4.98 Å². The number of amides is 1. The molecular formula is C14H17N3O2S. The van der Waals surface area contributed by atoms with Crippen LogP contribution in [0.15, 0.2) is 24.3 Å². The molecule has 1 aromatic carbocycles. The molecule has 3 N–H and O–H groups in total. The van der Waals surface area contributed by atoms with Crippen molar-refractivity contribution in [3.63, 3.8) is 0 Å². The van der Waals surface area contributed by atoms with Crippen molar-refractivity contribution in [2.24, 2.45) is 5.73 Å². The Morgan fingerprint density at radius 1 is 1.40 bits per heavy atom. The minimum Gasteiger partial charge on any atom is -0.497 e. The Labute approximate surface area is 121 Å². The van der Waals surface area contributed by atoms with Crippen LogP contribution in [-0.4, -0.2) is 24.5 Å². The van der Waals surface area contributed by atoms with Gasteiger partial charge in [0.15, 0.2) is 5.13 Å². The number of anilines is 1. The van der Waals surface area contributed by atoms with Crippen LogP contribution in [0.2, 0.25) is 0 Å². The Bertz CT molecular complexity index is 593. The van der Waals surface area contributed by atoms with E-state index in [1.807, 2.05) is 24.3 Å². The highest BCUT2D eigenvalue weighted by atomic mass is 32.1. The molecule has 5 nitrogen and oxygen atoms in total. The van der Waals surface area contributed by atoms with Gasteiger partial charge >= 0.3 is 0 Å². The van der Waals surface area contributed by atoms with E-state index >= 15 is 0 Å². The molecule has 6 heteroatoms. The molecule has 0 atom stereocenters. The summed E-state index contributed by atoms with van der Waals surface area (Å²) in [6.07, 6.45) is 0.735. The van der Waals surface area contributed by atoms with Gasteiger partial charge in [-0.3, -0.25) is 4.79 Å². The molecule has 106 valence electrons. The smallest absolute Gasteiger partial charge is 0.223 e. The van der Waals surface area contributed by atoms with Crippen LogP contribution in [0.3, 0.4) is 0 Å². The number of carbonyl (C=O) groups excluding carboxylic acids is 1. The minimum atomic E-state index is -0.126. The molecule has 20 heavy (non-hydrogen) atoms. The number of hydrogen-bond donors (Lipinski definition) is 2. The number of ether oxygens (including phenoxy) is 1. The fraction of sp³-hybridized carbons (Fsp3) is 0.286. The average molecular weight is 291 g/mol. The SMILES string of the molecule is COc1ccc(-c2nc(NC(C)=O)sc2CCN)cc1. The summed E-state index contributed by atoms with van der Waals surface area (Å²) in [6.45, 7) is 2.02. The standard InChI is InChI=1S/C14H17N3O2S/c1-9(18)16-14-17-13(12(20-14)7-8-15)10-3-5-11(19-2)6-4-10/h3-6H,7-8,15H2,1-2H3,(H,16,17,18). The van der Waals surface area contributed by atoms with Gasteiger partial charge in [0.05, 0.1) is 12.8 Å². The lowest BCUT2D eigenvalue weighted by Crippen LogP contribution is -2.04. The summed E-state index contributed by atoms with van der Waals surface area (Å²) in [5, 5.41) is 3.32. The van der Waals surface area contributed by atoms with Crippen LogP contribution in [0.25, 0.3) is 11.3 Å². The van der Waals surface area contributed by atoms with Crippen molar-refractivity contribution in [3.8, 4) is 17.0 Å². The average Bonchev–Trinajstić information content (AvgIpc) is 2.81. The van der Waals surface area contributed by atoms with E-state index in [0.717, 1.165) is 28.3 Å². The number of nitrogens with zero attached hydrogens (tertiary/aromatic N) is 1. The summed E-state index contributed by atoms with van der Waals surface area (Å²) in [5.74, 6) is 0.672. The van der Waals surface area contributed by atoms with E-state index in [-0.39, 0.29) is 5.91 Å². The molecule has 1 amide bonds. The van der Waals surface area contributed by atoms with Crippen molar-refractivity contribution in [2.75, 3.05) is 19.0 Å². The van der Waals surface area contributed by atoms with Crippen molar-refractivity contribution < 1.29 is 9.53 Å². The van der Waals surface area contributed by atoms with E-state index in [2.05, 4.69) is 10.3 Å². The van der Waals surface area contributed by atoms with Crippen LogP contribution in [-0.2, 0) is 11.2 Å². The Hall–Kier alpha value is -1.92. The van der Waals surface area contributed by atoms with E-state index in [9.17, 15) is 4.79 Å². The molecule has 1 aromatic heterocycles. The van der Waals surface area contributed by atoms with Gasteiger partial charge in [-0.1, -0.05) is 0 Å². The van der Waals surface area contributed by atoms with Gasteiger partial charge in [-0.15, -0.1) is 11.3 Å². The van der Waals surface area contributed by atoms with Gasteiger partial charge in [0, 0.05) is 17.4 Å². The van der Waals surface area contributed by atoms with E-state index in [1.165, 1.54) is 18.3 Å². The summed E-state index contributed by atoms with van der Waals surface area (Å²) in [5.41, 5.74) is 7.49. The highest BCUT2D eigenvalue weighted by Crippen LogP contribution is 2.32. The summed E-state index contributed by atoms with van der Waals surface area (Å²) < 4.78 is 5.15. The fourth-order valence-corrected chi connectivity index (χ4v) is 2.88. The second kappa shape index (κ2) is 6.49. The molecule has 0 aliphatic rings. The third kappa shape index (κ3) is 3.34. The Kier molecular flexibility index (Phi) is 4.70. The van der Waals surface area contributed by atoms with Crippen molar-refractivity contribution in [1.29, 1.82) is 0 Å². The number of aromatic nitrogens is 1. The fourth-order valence-electron chi connectivity index (χ4n) is 1.83. The number of methoxy groups -OCH3 is 1. The highest BCUT2D eigenvalue weighted by molar-refractivity contribution is 7.16. The molecule has 2 aromatic rings. The monoisotopic (exact) mass is 291 g/mol. The van der Waals surface area contributed by atoms with Crippen LogP contribution in [0.4, 0.5) is 5.13 Å². The largest absolute Gasteiger partial charge is 0.497 e. The minimum absolute atomic E-state index is 0.126. The molecule has 0 unspecified atom stereocenters. The van der Waals surface area contributed by atoms with Crippen molar-refractivity contribution >= 4 is 22.4 Å².